The fraction of sp³-hybridized carbons (Fsp3) is 0.286. The third-order valence-electron chi connectivity index (χ3n) is 4.72. The molecular formula is C21H23FN4O2. The summed E-state index contributed by atoms with van der Waals surface area (Å²) in [5.41, 5.74) is 8.81. The molecule has 1 aliphatic rings. The summed E-state index contributed by atoms with van der Waals surface area (Å²) in [6, 6.07) is 10.4. The Hall–Kier alpha value is -3.22. The van der Waals surface area contributed by atoms with Crippen LogP contribution in [-0.2, 0) is 13.5 Å². The Bertz CT molecular complexity index is 1030. The first kappa shape index (κ1) is 18.2. The number of hydrogen-bond donors (Lipinski definition) is 2. The van der Waals surface area contributed by atoms with E-state index in [1.54, 1.807) is 6.07 Å². The first-order chi connectivity index (χ1) is 13.6. The van der Waals surface area contributed by atoms with E-state index in [0.29, 0.717) is 37.9 Å². The van der Waals surface area contributed by atoms with E-state index in [0.717, 1.165) is 34.3 Å². The highest BCUT2D eigenvalue weighted by molar-refractivity contribution is 5.92. The lowest BCUT2D eigenvalue weighted by atomic mass is 10.1. The third-order valence-corrected chi connectivity index (χ3v) is 4.72. The molecule has 1 aromatic heterocycles. The normalized spacial score (nSPS) is 14.1. The van der Waals surface area contributed by atoms with Crippen LogP contribution in [0.25, 0.3) is 10.9 Å². The van der Waals surface area contributed by atoms with Crippen molar-refractivity contribution in [3.8, 4) is 11.5 Å². The molecule has 146 valence electrons. The molecular weight excluding hydrogens is 359 g/mol. The Morgan fingerprint density at radius 1 is 1.18 bits per heavy atom. The van der Waals surface area contributed by atoms with Crippen LogP contribution in [0, 0.1) is 5.82 Å². The van der Waals surface area contributed by atoms with Crippen molar-refractivity contribution >= 4 is 22.5 Å². The molecule has 3 N–H and O–H groups in total. The average molecular weight is 382 g/mol. The number of rotatable bonds is 4. The van der Waals surface area contributed by atoms with Gasteiger partial charge in [0.05, 0.1) is 18.7 Å². The van der Waals surface area contributed by atoms with Gasteiger partial charge in [0.2, 0.25) is 0 Å². The maximum Gasteiger partial charge on any atom is 0.193 e. The van der Waals surface area contributed by atoms with Gasteiger partial charge in [-0.2, -0.15) is 0 Å². The van der Waals surface area contributed by atoms with Gasteiger partial charge in [-0.3, -0.25) is 4.99 Å². The van der Waals surface area contributed by atoms with E-state index in [2.05, 4.69) is 10.3 Å². The second-order valence-electron chi connectivity index (χ2n) is 6.78. The van der Waals surface area contributed by atoms with Crippen LogP contribution in [0.1, 0.15) is 12.0 Å². The number of hydrogen-bond acceptors (Lipinski definition) is 3. The van der Waals surface area contributed by atoms with E-state index in [1.807, 2.05) is 42.1 Å². The summed E-state index contributed by atoms with van der Waals surface area (Å²) < 4.78 is 26.7. The summed E-state index contributed by atoms with van der Waals surface area (Å²) in [5.74, 6) is 1.55. The van der Waals surface area contributed by atoms with E-state index < -0.39 is 0 Å². The van der Waals surface area contributed by atoms with Crippen LogP contribution in [-0.4, -0.2) is 30.3 Å². The smallest absolute Gasteiger partial charge is 0.193 e. The van der Waals surface area contributed by atoms with Crippen LogP contribution in [0.15, 0.2) is 47.6 Å². The zero-order valence-electron chi connectivity index (χ0n) is 15.7. The molecule has 2 aromatic carbocycles. The highest BCUT2D eigenvalue weighted by Crippen LogP contribution is 2.32. The molecule has 0 radical (unpaired) electrons. The number of aryl methyl sites for hydroxylation is 1. The minimum Gasteiger partial charge on any atom is -0.490 e. The lowest BCUT2D eigenvalue weighted by Gasteiger charge is -2.10. The zero-order chi connectivity index (χ0) is 19.5. The van der Waals surface area contributed by atoms with Gasteiger partial charge in [-0.05, 0) is 42.3 Å². The van der Waals surface area contributed by atoms with Crippen LogP contribution >= 0.6 is 0 Å². The summed E-state index contributed by atoms with van der Waals surface area (Å²) in [7, 11) is 1.91. The summed E-state index contributed by atoms with van der Waals surface area (Å²) >= 11 is 0. The average Bonchev–Trinajstić information content (AvgIpc) is 2.83. The second kappa shape index (κ2) is 7.80. The Kier molecular flexibility index (Phi) is 5.06. The van der Waals surface area contributed by atoms with Gasteiger partial charge in [0.1, 0.15) is 5.82 Å². The lowest BCUT2D eigenvalue weighted by molar-refractivity contribution is 0.297. The number of anilines is 1. The van der Waals surface area contributed by atoms with Gasteiger partial charge in [-0.1, -0.05) is 0 Å². The maximum atomic E-state index is 13.4. The summed E-state index contributed by atoms with van der Waals surface area (Å²) in [4.78, 5) is 4.41. The van der Waals surface area contributed by atoms with Crippen LogP contribution in [0.2, 0.25) is 0 Å². The van der Waals surface area contributed by atoms with Gasteiger partial charge >= 0.3 is 0 Å². The van der Waals surface area contributed by atoms with Crippen molar-refractivity contribution in [1.29, 1.82) is 0 Å². The van der Waals surface area contributed by atoms with Gasteiger partial charge in [0.15, 0.2) is 17.5 Å². The Labute approximate surface area is 162 Å². The van der Waals surface area contributed by atoms with Gasteiger partial charge in [0, 0.05) is 43.4 Å². The zero-order valence-corrected chi connectivity index (χ0v) is 15.7. The molecule has 0 amide bonds. The first-order valence-electron chi connectivity index (χ1n) is 9.30. The van der Waals surface area contributed by atoms with Gasteiger partial charge in [-0.15, -0.1) is 0 Å². The molecule has 0 spiro atoms. The number of ether oxygens (including phenoxy) is 2. The fourth-order valence-electron chi connectivity index (χ4n) is 3.37. The predicted molar refractivity (Wildman–Crippen MR) is 109 cm³/mol. The van der Waals surface area contributed by atoms with Crippen molar-refractivity contribution in [2.75, 3.05) is 25.1 Å². The highest BCUT2D eigenvalue weighted by atomic mass is 19.1. The number of fused-ring (bicyclic) bond motifs is 2. The largest absolute Gasteiger partial charge is 0.490 e. The highest BCUT2D eigenvalue weighted by Gasteiger charge is 2.11. The monoisotopic (exact) mass is 382 g/mol. The number of nitrogens with zero attached hydrogens (tertiary/aromatic N) is 2. The van der Waals surface area contributed by atoms with Crippen LogP contribution in [0.5, 0.6) is 11.5 Å². The summed E-state index contributed by atoms with van der Waals surface area (Å²) in [5, 5.41) is 4.12. The minimum absolute atomic E-state index is 0.234. The quantitative estimate of drug-likeness (QED) is 0.535. The molecule has 3 aromatic rings. The molecule has 6 nitrogen and oxygen atoms in total. The molecule has 0 saturated heterocycles. The van der Waals surface area contributed by atoms with E-state index >= 15 is 0 Å². The van der Waals surface area contributed by atoms with Crippen molar-refractivity contribution in [2.24, 2.45) is 17.8 Å². The van der Waals surface area contributed by atoms with Gasteiger partial charge in [0.25, 0.3) is 0 Å². The van der Waals surface area contributed by atoms with Crippen molar-refractivity contribution < 1.29 is 13.9 Å². The number of nitrogens with two attached hydrogens (primary N) is 1. The summed E-state index contributed by atoms with van der Waals surface area (Å²) in [6.45, 7) is 1.82. The molecule has 7 heteroatoms. The molecule has 28 heavy (non-hydrogen) atoms. The molecule has 0 atom stereocenters. The number of halogens is 1. The Morgan fingerprint density at radius 2 is 2.00 bits per heavy atom. The number of guanidine groups is 1. The summed E-state index contributed by atoms with van der Waals surface area (Å²) in [6.07, 6.45) is 3.58. The lowest BCUT2D eigenvalue weighted by Crippen LogP contribution is -2.23. The topological polar surface area (TPSA) is 73.8 Å². The van der Waals surface area contributed by atoms with Gasteiger partial charge < -0.3 is 25.1 Å². The third kappa shape index (κ3) is 3.88. The standard InChI is InChI=1S/C21H23FN4O2/c1-26-13-14(17-5-3-15(22)11-18(17)26)7-8-24-21(23)25-16-4-6-19-20(12-16)28-10-2-9-27-19/h3-6,11-13H,2,7-10H2,1H3,(H3,23,24,25). The van der Waals surface area contributed by atoms with E-state index in [9.17, 15) is 4.39 Å². The molecule has 0 fully saturated rings. The minimum atomic E-state index is -0.234. The molecule has 4 rings (SSSR count). The maximum absolute atomic E-state index is 13.4. The number of aromatic nitrogens is 1. The van der Waals surface area contributed by atoms with E-state index in [-0.39, 0.29) is 5.82 Å². The first-order valence-corrected chi connectivity index (χ1v) is 9.30. The van der Waals surface area contributed by atoms with Gasteiger partial charge in [-0.25, -0.2) is 4.39 Å². The molecule has 2 heterocycles. The molecule has 0 aliphatic carbocycles. The SMILES string of the molecule is Cn1cc(CCN=C(N)Nc2ccc3c(c2)OCCCO3)c2ccc(F)cc21. The molecule has 1 aliphatic heterocycles. The van der Waals surface area contributed by atoms with Crippen molar-refractivity contribution in [3.05, 3.63) is 54.0 Å². The van der Waals surface area contributed by atoms with E-state index in [4.69, 9.17) is 15.2 Å². The van der Waals surface area contributed by atoms with Crippen LogP contribution < -0.4 is 20.5 Å². The predicted octanol–water partition coefficient (Wildman–Crippen LogP) is 3.45. The van der Waals surface area contributed by atoms with Crippen molar-refractivity contribution in [2.45, 2.75) is 12.8 Å². The van der Waals surface area contributed by atoms with Crippen LogP contribution in [0.4, 0.5) is 10.1 Å². The second-order valence-corrected chi connectivity index (χ2v) is 6.78. The number of aliphatic imine (C=N–C) groups is 1. The van der Waals surface area contributed by atoms with Crippen LogP contribution in [0.3, 0.4) is 0 Å². The molecule has 0 bridgehead atoms. The van der Waals surface area contributed by atoms with E-state index in [1.165, 1.54) is 6.07 Å². The van der Waals surface area contributed by atoms with Crippen molar-refractivity contribution in [3.63, 3.8) is 0 Å². The number of nitrogens with one attached hydrogen (secondary N) is 1. The Balaban J connectivity index is 1.41. The van der Waals surface area contributed by atoms with Crippen molar-refractivity contribution in [1.82, 2.24) is 4.57 Å². The Morgan fingerprint density at radius 3 is 2.86 bits per heavy atom. The molecule has 0 saturated carbocycles. The number of benzene rings is 2. The fourth-order valence-corrected chi connectivity index (χ4v) is 3.37. The molecule has 0 unspecified atom stereocenters.